The van der Waals surface area contributed by atoms with Gasteiger partial charge in [-0.3, -0.25) is 9.59 Å². The maximum absolute atomic E-state index is 13.6. The van der Waals surface area contributed by atoms with E-state index in [1.807, 2.05) is 62.9 Å². The van der Waals surface area contributed by atoms with Crippen molar-refractivity contribution in [2.75, 3.05) is 13.2 Å². The number of carbonyl (C=O) groups is 3. The summed E-state index contributed by atoms with van der Waals surface area (Å²) in [6.07, 6.45) is 5.60. The number of hydrogen-bond donors (Lipinski definition) is 0. The molecule has 2 aliphatic carbocycles. The van der Waals surface area contributed by atoms with Crippen LogP contribution in [-0.4, -0.2) is 53.3 Å². The van der Waals surface area contributed by atoms with Crippen molar-refractivity contribution in [1.29, 1.82) is 0 Å². The first-order valence-electron chi connectivity index (χ1n) is 13.0. The third kappa shape index (κ3) is 3.45. The fourth-order valence-corrected chi connectivity index (χ4v) is 6.85. The highest BCUT2D eigenvalue weighted by Crippen LogP contribution is 2.65. The Morgan fingerprint density at radius 1 is 1.09 bits per heavy atom. The molecule has 0 N–H and O–H groups in total. The fourth-order valence-electron chi connectivity index (χ4n) is 6.85. The van der Waals surface area contributed by atoms with Crippen molar-refractivity contribution in [1.82, 2.24) is 4.90 Å². The van der Waals surface area contributed by atoms with Crippen LogP contribution < -0.4 is 0 Å². The van der Waals surface area contributed by atoms with Crippen LogP contribution in [0.3, 0.4) is 0 Å². The van der Waals surface area contributed by atoms with E-state index in [1.54, 1.807) is 0 Å². The van der Waals surface area contributed by atoms with Crippen LogP contribution in [0.4, 0.5) is 0 Å². The number of benzene rings is 1. The van der Waals surface area contributed by atoms with Gasteiger partial charge in [0.25, 0.3) is 5.91 Å². The molecule has 2 bridgehead atoms. The van der Waals surface area contributed by atoms with Gasteiger partial charge >= 0.3 is 11.9 Å². The largest absolute Gasteiger partial charge is 0.462 e. The molecule has 5 rings (SSSR count). The molecule has 1 spiro atoms. The average Bonchev–Trinajstić information content (AvgIpc) is 3.54. The summed E-state index contributed by atoms with van der Waals surface area (Å²) >= 11 is 0. The molecule has 2 aliphatic heterocycles. The van der Waals surface area contributed by atoms with Gasteiger partial charge in [-0.15, -0.1) is 0 Å². The summed E-state index contributed by atoms with van der Waals surface area (Å²) in [5.41, 5.74) is -2.35. The lowest BCUT2D eigenvalue weighted by molar-refractivity contribution is -0.184. The molecule has 2 heterocycles. The second kappa shape index (κ2) is 8.32. The van der Waals surface area contributed by atoms with Crippen LogP contribution in [0, 0.1) is 16.7 Å². The van der Waals surface area contributed by atoms with E-state index in [1.165, 1.54) is 0 Å². The minimum absolute atomic E-state index is 0.00272. The molecule has 0 radical (unpaired) electrons. The highest BCUT2D eigenvalue weighted by Gasteiger charge is 2.76. The van der Waals surface area contributed by atoms with Crippen molar-refractivity contribution in [3.63, 3.8) is 0 Å². The SMILES string of the molecule is C[C@@H](COC(=O)[C@@]12CC[C@@](C)(C(=O)O1)C2(C)C)C[C@H]1COC2(CCCC2)N1C(=O)c1ccccc1. The average molecular weight is 484 g/mol. The Labute approximate surface area is 207 Å². The van der Waals surface area contributed by atoms with Crippen molar-refractivity contribution < 1.29 is 28.6 Å². The molecular weight excluding hydrogens is 446 g/mol. The number of carbonyl (C=O) groups excluding carboxylic acids is 3. The van der Waals surface area contributed by atoms with E-state index in [9.17, 15) is 14.4 Å². The zero-order valence-electron chi connectivity index (χ0n) is 21.3. The number of fused-ring (bicyclic) bond motifs is 2. The van der Waals surface area contributed by atoms with Gasteiger partial charge in [0.15, 0.2) is 0 Å². The van der Waals surface area contributed by atoms with E-state index in [0.717, 1.165) is 25.7 Å². The standard InChI is InChI=1S/C28H37NO6/c1-19(17-33-24(32)28-15-14-26(4,23(31)35-28)25(28,2)3)16-21-18-34-27(12-8-9-13-27)29(21)22(30)20-10-6-5-7-11-20/h5-7,10-11,19,21H,8-9,12-18H2,1-4H3/t19-,21+,26+,28-/m1/s1. The second-order valence-electron chi connectivity index (χ2n) is 11.8. The van der Waals surface area contributed by atoms with Gasteiger partial charge in [0.1, 0.15) is 5.72 Å². The molecule has 1 aromatic carbocycles. The van der Waals surface area contributed by atoms with E-state index in [2.05, 4.69) is 0 Å². The maximum atomic E-state index is 13.6. The van der Waals surface area contributed by atoms with Gasteiger partial charge in [-0.2, -0.15) is 0 Å². The molecule has 7 heteroatoms. The Balaban J connectivity index is 1.26. The number of hydrogen-bond acceptors (Lipinski definition) is 6. The Kier molecular flexibility index (Phi) is 5.78. The predicted octanol–water partition coefficient (Wildman–Crippen LogP) is 4.49. The number of esters is 2. The van der Waals surface area contributed by atoms with Crippen LogP contribution in [-0.2, 0) is 23.8 Å². The molecule has 1 aromatic rings. The van der Waals surface area contributed by atoms with Crippen LogP contribution in [0.1, 0.15) is 83.0 Å². The Hall–Kier alpha value is -2.41. The summed E-state index contributed by atoms with van der Waals surface area (Å²) in [4.78, 5) is 41.3. The van der Waals surface area contributed by atoms with Gasteiger partial charge in [0, 0.05) is 11.0 Å². The van der Waals surface area contributed by atoms with Crippen molar-refractivity contribution in [2.24, 2.45) is 16.7 Å². The summed E-state index contributed by atoms with van der Waals surface area (Å²) in [5, 5.41) is 0. The first-order valence-corrected chi connectivity index (χ1v) is 13.0. The normalized spacial score (nSPS) is 33.2. The van der Waals surface area contributed by atoms with Gasteiger partial charge in [-0.25, -0.2) is 4.79 Å². The second-order valence-corrected chi connectivity index (χ2v) is 11.8. The summed E-state index contributed by atoms with van der Waals surface area (Å²) in [5.74, 6) is -0.739. The van der Waals surface area contributed by atoms with Crippen LogP contribution in [0.5, 0.6) is 0 Å². The fraction of sp³-hybridized carbons (Fsp3) is 0.679. The quantitative estimate of drug-likeness (QED) is 0.555. The zero-order chi connectivity index (χ0) is 25.1. The summed E-state index contributed by atoms with van der Waals surface area (Å²) < 4.78 is 17.8. The molecule has 4 atom stereocenters. The van der Waals surface area contributed by atoms with Gasteiger partial charge in [-0.1, -0.05) is 39.0 Å². The molecule has 190 valence electrons. The summed E-state index contributed by atoms with van der Waals surface area (Å²) in [6.45, 7) is 8.47. The van der Waals surface area contributed by atoms with E-state index in [-0.39, 0.29) is 30.4 Å². The van der Waals surface area contributed by atoms with Gasteiger partial charge < -0.3 is 19.1 Å². The lowest BCUT2D eigenvalue weighted by atomic mass is 9.66. The molecule has 1 amide bonds. The van der Waals surface area contributed by atoms with Crippen molar-refractivity contribution in [3.05, 3.63) is 35.9 Å². The lowest BCUT2D eigenvalue weighted by Crippen LogP contribution is -2.51. The molecule has 2 saturated heterocycles. The molecule has 7 nitrogen and oxygen atoms in total. The first-order chi connectivity index (χ1) is 16.6. The highest BCUT2D eigenvalue weighted by atomic mass is 16.6. The third-order valence-electron chi connectivity index (χ3n) is 9.56. The van der Waals surface area contributed by atoms with Crippen LogP contribution in [0.25, 0.3) is 0 Å². The maximum Gasteiger partial charge on any atom is 0.351 e. The van der Waals surface area contributed by atoms with Gasteiger partial charge in [0.2, 0.25) is 5.60 Å². The summed E-state index contributed by atoms with van der Waals surface area (Å²) in [7, 11) is 0. The van der Waals surface area contributed by atoms with E-state index >= 15 is 0 Å². The molecule has 35 heavy (non-hydrogen) atoms. The monoisotopic (exact) mass is 483 g/mol. The molecular formula is C28H37NO6. The Bertz CT molecular complexity index is 1020. The molecule has 2 saturated carbocycles. The van der Waals surface area contributed by atoms with Crippen LogP contribution >= 0.6 is 0 Å². The molecule has 0 unspecified atom stereocenters. The number of rotatable bonds is 6. The lowest BCUT2D eigenvalue weighted by Gasteiger charge is -2.37. The summed E-state index contributed by atoms with van der Waals surface area (Å²) in [6, 6.07) is 9.30. The highest BCUT2D eigenvalue weighted by molar-refractivity contribution is 5.95. The van der Waals surface area contributed by atoms with Gasteiger partial charge in [0.05, 0.1) is 24.7 Å². The topological polar surface area (TPSA) is 82.1 Å². The molecule has 0 aromatic heterocycles. The van der Waals surface area contributed by atoms with E-state index in [4.69, 9.17) is 14.2 Å². The van der Waals surface area contributed by atoms with Crippen molar-refractivity contribution >= 4 is 17.8 Å². The zero-order valence-corrected chi connectivity index (χ0v) is 21.3. The minimum atomic E-state index is -1.21. The van der Waals surface area contributed by atoms with E-state index < -0.39 is 28.1 Å². The van der Waals surface area contributed by atoms with Crippen molar-refractivity contribution in [2.45, 2.75) is 90.0 Å². The third-order valence-corrected chi connectivity index (χ3v) is 9.56. The molecule has 4 aliphatic rings. The minimum Gasteiger partial charge on any atom is -0.462 e. The van der Waals surface area contributed by atoms with Crippen LogP contribution in [0.2, 0.25) is 0 Å². The number of amides is 1. The number of ether oxygens (including phenoxy) is 3. The number of nitrogens with zero attached hydrogens (tertiary/aromatic N) is 1. The van der Waals surface area contributed by atoms with Crippen LogP contribution in [0.15, 0.2) is 30.3 Å². The van der Waals surface area contributed by atoms with E-state index in [0.29, 0.717) is 31.4 Å². The van der Waals surface area contributed by atoms with Gasteiger partial charge in [-0.05, 0) is 69.9 Å². The first kappa shape index (κ1) is 24.3. The smallest absolute Gasteiger partial charge is 0.351 e. The van der Waals surface area contributed by atoms with Crippen molar-refractivity contribution in [3.8, 4) is 0 Å². The predicted molar refractivity (Wildman–Crippen MR) is 128 cm³/mol. The Morgan fingerprint density at radius 2 is 1.77 bits per heavy atom. The Morgan fingerprint density at radius 3 is 2.37 bits per heavy atom. The molecule has 4 fully saturated rings.